The van der Waals surface area contributed by atoms with Gasteiger partial charge in [-0.2, -0.15) is 0 Å². The molecule has 1 nitrogen and oxygen atoms in total. The largest absolute Gasteiger partial charge is 0.317 e. The van der Waals surface area contributed by atoms with Gasteiger partial charge in [0.2, 0.25) is 0 Å². The van der Waals surface area contributed by atoms with Crippen LogP contribution in [0.1, 0.15) is 26.2 Å². The maximum atomic E-state index is 12.1. The third-order valence-electron chi connectivity index (χ3n) is 2.78. The number of halogens is 1. The lowest BCUT2D eigenvalue weighted by Gasteiger charge is -2.16. The topological polar surface area (TPSA) is 12.0 Å². The predicted molar refractivity (Wildman–Crippen MR) is 45.3 cm³/mol. The van der Waals surface area contributed by atoms with Crippen LogP contribution in [0.15, 0.2) is 0 Å². The highest BCUT2D eigenvalue weighted by Crippen LogP contribution is 2.32. The van der Waals surface area contributed by atoms with Gasteiger partial charge in [-0.05, 0) is 38.1 Å². The van der Waals surface area contributed by atoms with Crippen LogP contribution in [0, 0.1) is 11.8 Å². The Kier molecular flexibility index (Phi) is 3.31. The van der Waals surface area contributed by atoms with Gasteiger partial charge in [0.15, 0.2) is 0 Å². The molecule has 0 saturated heterocycles. The fraction of sp³-hybridized carbons (Fsp3) is 1.00. The summed E-state index contributed by atoms with van der Waals surface area (Å²) in [6, 6.07) is 0.570. The summed E-state index contributed by atoms with van der Waals surface area (Å²) in [6.07, 6.45) is 3.17. The number of nitrogens with one attached hydrogen (secondary N) is 1. The van der Waals surface area contributed by atoms with Gasteiger partial charge in [-0.25, -0.2) is 0 Å². The molecule has 2 heteroatoms. The molecule has 3 unspecified atom stereocenters. The maximum Gasteiger partial charge on any atom is 0.0897 e. The number of hydrogen-bond donors (Lipinski definition) is 1. The van der Waals surface area contributed by atoms with Crippen LogP contribution in [0.4, 0.5) is 4.39 Å². The van der Waals surface area contributed by atoms with Gasteiger partial charge in [-0.3, -0.25) is 4.39 Å². The van der Waals surface area contributed by atoms with E-state index in [1.165, 1.54) is 12.8 Å². The van der Waals surface area contributed by atoms with Crippen LogP contribution in [0.5, 0.6) is 0 Å². The molecule has 0 aromatic rings. The monoisotopic (exact) mass is 159 g/mol. The summed E-state index contributed by atoms with van der Waals surface area (Å²) in [5.74, 6) is 1.36. The fourth-order valence-corrected chi connectivity index (χ4v) is 2.22. The second-order valence-electron chi connectivity index (χ2n) is 3.71. The van der Waals surface area contributed by atoms with E-state index in [0.717, 1.165) is 12.3 Å². The maximum absolute atomic E-state index is 12.1. The first-order valence-corrected chi connectivity index (χ1v) is 4.51. The van der Waals surface area contributed by atoms with E-state index in [-0.39, 0.29) is 6.67 Å². The minimum absolute atomic E-state index is 0.157. The lowest BCUT2D eigenvalue weighted by molar-refractivity contribution is 0.343. The molecule has 0 bridgehead atoms. The molecule has 11 heavy (non-hydrogen) atoms. The minimum atomic E-state index is -0.157. The van der Waals surface area contributed by atoms with Crippen molar-refractivity contribution < 1.29 is 4.39 Å². The molecule has 0 amide bonds. The van der Waals surface area contributed by atoms with Crippen molar-refractivity contribution in [2.24, 2.45) is 11.8 Å². The van der Waals surface area contributed by atoms with E-state index in [9.17, 15) is 4.39 Å². The zero-order valence-electron chi connectivity index (χ0n) is 7.44. The average molecular weight is 159 g/mol. The number of rotatable bonds is 3. The first-order valence-electron chi connectivity index (χ1n) is 4.51. The van der Waals surface area contributed by atoms with Gasteiger partial charge in [-0.15, -0.1) is 0 Å². The van der Waals surface area contributed by atoms with Crippen molar-refractivity contribution in [2.75, 3.05) is 13.7 Å². The van der Waals surface area contributed by atoms with E-state index in [1.54, 1.807) is 0 Å². The average Bonchev–Trinajstić information content (AvgIpc) is 2.32. The second kappa shape index (κ2) is 4.05. The van der Waals surface area contributed by atoms with Crippen LogP contribution in [0.3, 0.4) is 0 Å². The molecular weight excluding hydrogens is 141 g/mol. The van der Waals surface area contributed by atoms with Crippen LogP contribution in [0.25, 0.3) is 0 Å². The van der Waals surface area contributed by atoms with Crippen LogP contribution in [0.2, 0.25) is 0 Å². The Labute approximate surface area is 68.4 Å². The number of hydrogen-bond acceptors (Lipinski definition) is 1. The Bertz CT molecular complexity index is 116. The molecule has 3 atom stereocenters. The molecule has 0 aliphatic heterocycles. The van der Waals surface area contributed by atoms with Gasteiger partial charge in [0.1, 0.15) is 0 Å². The molecule has 1 rings (SSSR count). The lowest BCUT2D eigenvalue weighted by atomic mass is 10.0. The molecule has 1 fully saturated rings. The quantitative estimate of drug-likeness (QED) is 0.664. The molecule has 0 radical (unpaired) electrons. The zero-order valence-corrected chi connectivity index (χ0v) is 7.44. The highest BCUT2D eigenvalue weighted by atomic mass is 19.1. The number of alkyl halides is 1. The summed E-state index contributed by atoms with van der Waals surface area (Å²) >= 11 is 0. The summed E-state index contributed by atoms with van der Waals surface area (Å²) in [7, 11) is 1.98. The smallest absolute Gasteiger partial charge is 0.0897 e. The van der Waals surface area contributed by atoms with Crippen LogP contribution in [-0.2, 0) is 0 Å². The van der Waals surface area contributed by atoms with Gasteiger partial charge in [-0.1, -0.05) is 6.92 Å². The normalized spacial score (nSPS) is 37.9. The van der Waals surface area contributed by atoms with Crippen molar-refractivity contribution in [1.82, 2.24) is 5.32 Å². The molecule has 1 aliphatic rings. The van der Waals surface area contributed by atoms with Gasteiger partial charge < -0.3 is 5.32 Å². The molecule has 1 saturated carbocycles. The summed E-state index contributed by atoms with van der Waals surface area (Å²) < 4.78 is 12.1. The second-order valence-corrected chi connectivity index (χ2v) is 3.71. The Morgan fingerprint density at radius 2 is 2.18 bits per heavy atom. The van der Waals surface area contributed by atoms with Crippen molar-refractivity contribution in [2.45, 2.75) is 32.2 Å². The zero-order chi connectivity index (χ0) is 8.27. The SMILES string of the molecule is CNC1CC(C)CC1CCF. The third-order valence-corrected chi connectivity index (χ3v) is 2.78. The molecule has 0 spiro atoms. The molecule has 1 N–H and O–H groups in total. The van der Waals surface area contributed by atoms with Crippen LogP contribution in [-0.4, -0.2) is 19.8 Å². The van der Waals surface area contributed by atoms with Crippen LogP contribution >= 0.6 is 0 Å². The van der Waals surface area contributed by atoms with Crippen molar-refractivity contribution in [3.63, 3.8) is 0 Å². The van der Waals surface area contributed by atoms with Crippen molar-refractivity contribution in [1.29, 1.82) is 0 Å². The molecule has 0 aromatic heterocycles. The molecular formula is C9H18FN. The van der Waals surface area contributed by atoms with Gasteiger partial charge >= 0.3 is 0 Å². The van der Waals surface area contributed by atoms with E-state index in [1.807, 2.05) is 7.05 Å². The van der Waals surface area contributed by atoms with E-state index in [0.29, 0.717) is 12.0 Å². The predicted octanol–water partition coefficient (Wildman–Crippen LogP) is 1.98. The van der Waals surface area contributed by atoms with Crippen molar-refractivity contribution in [3.05, 3.63) is 0 Å². The van der Waals surface area contributed by atoms with E-state index < -0.39 is 0 Å². The summed E-state index contributed by atoms with van der Waals surface area (Å²) in [5, 5.41) is 3.26. The van der Waals surface area contributed by atoms with E-state index in [4.69, 9.17) is 0 Å². The van der Waals surface area contributed by atoms with Gasteiger partial charge in [0.25, 0.3) is 0 Å². The molecule has 66 valence electrons. The summed E-state index contributed by atoms with van der Waals surface area (Å²) in [4.78, 5) is 0. The van der Waals surface area contributed by atoms with Gasteiger partial charge in [0, 0.05) is 6.04 Å². The standard InChI is InChI=1S/C9H18FN/c1-7-5-8(3-4-10)9(6-7)11-2/h7-9,11H,3-6H2,1-2H3. The third kappa shape index (κ3) is 2.16. The Balaban J connectivity index is 2.37. The van der Waals surface area contributed by atoms with E-state index in [2.05, 4.69) is 12.2 Å². The minimum Gasteiger partial charge on any atom is -0.317 e. The summed E-state index contributed by atoms with van der Waals surface area (Å²) in [6.45, 7) is 2.10. The van der Waals surface area contributed by atoms with Crippen molar-refractivity contribution in [3.8, 4) is 0 Å². The Hall–Kier alpha value is -0.110. The molecule has 0 heterocycles. The molecule has 1 aliphatic carbocycles. The first-order chi connectivity index (χ1) is 5.27. The van der Waals surface area contributed by atoms with E-state index >= 15 is 0 Å². The Morgan fingerprint density at radius 3 is 2.73 bits per heavy atom. The van der Waals surface area contributed by atoms with Crippen molar-refractivity contribution >= 4 is 0 Å². The van der Waals surface area contributed by atoms with Gasteiger partial charge in [0.05, 0.1) is 6.67 Å². The highest BCUT2D eigenvalue weighted by molar-refractivity contribution is 4.85. The fourth-order valence-electron chi connectivity index (χ4n) is 2.22. The van der Waals surface area contributed by atoms with Crippen LogP contribution < -0.4 is 5.32 Å². The lowest BCUT2D eigenvalue weighted by Crippen LogP contribution is -2.29. The Morgan fingerprint density at radius 1 is 1.45 bits per heavy atom. The highest BCUT2D eigenvalue weighted by Gasteiger charge is 2.29. The molecule has 0 aromatic carbocycles. The first kappa shape index (κ1) is 8.98. The summed E-state index contributed by atoms with van der Waals surface area (Å²) in [5.41, 5.74) is 0.